The predicted molar refractivity (Wildman–Crippen MR) is 106 cm³/mol. The van der Waals surface area contributed by atoms with Crippen molar-refractivity contribution in [1.82, 2.24) is 5.32 Å². The summed E-state index contributed by atoms with van der Waals surface area (Å²) in [7, 11) is 3.24. The Morgan fingerprint density at radius 2 is 1.88 bits per heavy atom. The largest absolute Gasteiger partial charge is 0.493 e. The lowest BCUT2D eigenvalue weighted by molar-refractivity contribution is -0.121. The fourth-order valence-electron chi connectivity index (χ4n) is 3.07. The van der Waals surface area contributed by atoms with Crippen LogP contribution in [0.15, 0.2) is 42.5 Å². The summed E-state index contributed by atoms with van der Waals surface area (Å²) in [6.45, 7) is 0.477. The lowest BCUT2D eigenvalue weighted by Crippen LogP contribution is -2.40. The van der Waals surface area contributed by atoms with Crippen LogP contribution in [0.2, 0.25) is 0 Å². The fourth-order valence-corrected chi connectivity index (χ4v) is 4.29. The van der Waals surface area contributed by atoms with Gasteiger partial charge in [-0.25, -0.2) is 0 Å². The van der Waals surface area contributed by atoms with Gasteiger partial charge in [-0.15, -0.1) is 11.8 Å². The Balaban J connectivity index is 1.90. The molecule has 1 saturated heterocycles. The van der Waals surface area contributed by atoms with E-state index in [2.05, 4.69) is 11.4 Å². The molecule has 0 aliphatic carbocycles. The normalized spacial score (nSPS) is 20.2. The maximum atomic E-state index is 12.6. The number of benzene rings is 2. The van der Waals surface area contributed by atoms with Gasteiger partial charge in [0, 0.05) is 12.6 Å². The second-order valence-corrected chi connectivity index (χ2v) is 7.39. The van der Waals surface area contributed by atoms with E-state index in [1.54, 1.807) is 26.0 Å². The molecule has 1 fully saturated rings. The van der Waals surface area contributed by atoms with Crippen LogP contribution in [0.3, 0.4) is 0 Å². The van der Waals surface area contributed by atoms with Gasteiger partial charge in [-0.3, -0.25) is 4.79 Å². The second-order valence-electron chi connectivity index (χ2n) is 6.18. The molecule has 2 aromatic carbocycles. The zero-order valence-corrected chi connectivity index (χ0v) is 15.8. The Morgan fingerprint density at radius 1 is 1.12 bits per heavy atom. The molecule has 2 aromatic rings. The van der Waals surface area contributed by atoms with Crippen LogP contribution in [0.4, 0.5) is 0 Å². The minimum absolute atomic E-state index is 0.0346. The number of ether oxygens (including phenoxy) is 2. The number of hydrogen-bond acceptors (Lipinski definition) is 5. The van der Waals surface area contributed by atoms with Gasteiger partial charge < -0.3 is 20.5 Å². The third-order valence-electron chi connectivity index (χ3n) is 4.53. The van der Waals surface area contributed by atoms with Crippen LogP contribution < -0.4 is 20.5 Å². The molecule has 0 spiro atoms. The van der Waals surface area contributed by atoms with E-state index in [0.717, 1.165) is 28.9 Å². The van der Waals surface area contributed by atoms with Crippen LogP contribution in [-0.2, 0) is 4.79 Å². The molecule has 1 aliphatic rings. The number of carbonyl (C=O) groups excluding carboxylic acids is 1. The summed E-state index contributed by atoms with van der Waals surface area (Å²) in [5.41, 5.74) is 8.78. The first-order valence-corrected chi connectivity index (χ1v) is 9.65. The summed E-state index contributed by atoms with van der Waals surface area (Å²) >= 11 is 1.67. The molecule has 6 heteroatoms. The molecule has 0 unspecified atom stereocenters. The van der Waals surface area contributed by atoms with Crippen molar-refractivity contribution < 1.29 is 14.3 Å². The molecular weight excluding hydrogens is 348 g/mol. The van der Waals surface area contributed by atoms with Crippen LogP contribution >= 0.6 is 11.8 Å². The van der Waals surface area contributed by atoms with Crippen LogP contribution in [0.5, 0.6) is 11.5 Å². The zero-order valence-electron chi connectivity index (χ0n) is 15.0. The van der Waals surface area contributed by atoms with Gasteiger partial charge in [0.25, 0.3) is 0 Å². The average molecular weight is 372 g/mol. The van der Waals surface area contributed by atoms with Crippen molar-refractivity contribution in [3.8, 4) is 22.6 Å². The highest BCUT2D eigenvalue weighted by Crippen LogP contribution is 2.36. The molecule has 0 radical (unpaired) electrons. The molecule has 0 saturated carbocycles. The standard InChI is InChI=1S/C20H24N2O3S/c1-24-17-7-6-14(11-18(17)25-2)13-4-3-5-15(10-13)19-20(23)22-16(12-21)8-9-26-19/h3-7,10-11,16,19H,8-9,12,21H2,1-2H3,(H,22,23)/t16-,19+/m0/s1. The molecular formula is C20H24N2O3S. The molecule has 26 heavy (non-hydrogen) atoms. The van der Waals surface area contributed by atoms with Gasteiger partial charge in [0.1, 0.15) is 5.25 Å². The van der Waals surface area contributed by atoms with Crippen molar-refractivity contribution in [1.29, 1.82) is 0 Å². The molecule has 2 atom stereocenters. The van der Waals surface area contributed by atoms with E-state index in [4.69, 9.17) is 15.2 Å². The monoisotopic (exact) mass is 372 g/mol. The van der Waals surface area contributed by atoms with Crippen molar-refractivity contribution in [2.75, 3.05) is 26.5 Å². The fraction of sp³-hybridized carbons (Fsp3) is 0.350. The average Bonchev–Trinajstić information content (AvgIpc) is 2.88. The Hall–Kier alpha value is -2.18. The number of carbonyl (C=O) groups is 1. The summed E-state index contributed by atoms with van der Waals surface area (Å²) in [6, 6.07) is 14.0. The van der Waals surface area contributed by atoms with Crippen LogP contribution in [-0.4, -0.2) is 38.5 Å². The Kier molecular flexibility index (Phi) is 6.06. The third-order valence-corrected chi connectivity index (χ3v) is 5.82. The van der Waals surface area contributed by atoms with Crippen LogP contribution in [0.1, 0.15) is 17.2 Å². The van der Waals surface area contributed by atoms with E-state index in [1.165, 1.54) is 0 Å². The minimum Gasteiger partial charge on any atom is -0.493 e. The lowest BCUT2D eigenvalue weighted by Gasteiger charge is -2.16. The number of amides is 1. The number of hydrogen-bond donors (Lipinski definition) is 2. The quantitative estimate of drug-likeness (QED) is 0.844. The van der Waals surface area contributed by atoms with E-state index in [-0.39, 0.29) is 17.2 Å². The van der Waals surface area contributed by atoms with Crippen LogP contribution in [0.25, 0.3) is 11.1 Å². The van der Waals surface area contributed by atoms with Crippen molar-refractivity contribution in [2.24, 2.45) is 5.73 Å². The summed E-state index contributed by atoms with van der Waals surface area (Å²) in [4.78, 5) is 12.6. The van der Waals surface area contributed by atoms with E-state index in [1.807, 2.05) is 36.4 Å². The minimum atomic E-state index is -0.216. The second kappa shape index (κ2) is 8.47. The number of rotatable bonds is 5. The molecule has 5 nitrogen and oxygen atoms in total. The Labute approximate surface area is 158 Å². The summed E-state index contributed by atoms with van der Waals surface area (Å²) in [5.74, 6) is 2.32. The van der Waals surface area contributed by atoms with Gasteiger partial charge in [0.2, 0.25) is 5.91 Å². The highest BCUT2D eigenvalue weighted by atomic mass is 32.2. The first kappa shape index (κ1) is 18.6. The van der Waals surface area contributed by atoms with Crippen molar-refractivity contribution >= 4 is 17.7 Å². The van der Waals surface area contributed by atoms with Crippen molar-refractivity contribution in [2.45, 2.75) is 17.7 Å². The number of thioether (sulfide) groups is 1. The zero-order chi connectivity index (χ0) is 18.5. The van der Waals surface area contributed by atoms with Gasteiger partial charge in [0.05, 0.1) is 14.2 Å². The van der Waals surface area contributed by atoms with E-state index in [9.17, 15) is 4.79 Å². The maximum Gasteiger partial charge on any atom is 0.237 e. The van der Waals surface area contributed by atoms with Crippen molar-refractivity contribution in [3.05, 3.63) is 48.0 Å². The maximum absolute atomic E-state index is 12.6. The number of nitrogens with two attached hydrogens (primary N) is 1. The molecule has 0 aromatic heterocycles. The van der Waals surface area contributed by atoms with Gasteiger partial charge in [-0.05, 0) is 47.1 Å². The van der Waals surface area contributed by atoms with E-state index < -0.39 is 0 Å². The molecule has 3 N–H and O–H groups in total. The summed E-state index contributed by atoms with van der Waals surface area (Å²) < 4.78 is 10.7. The van der Waals surface area contributed by atoms with Gasteiger partial charge in [-0.1, -0.05) is 24.3 Å². The van der Waals surface area contributed by atoms with Gasteiger partial charge >= 0.3 is 0 Å². The molecule has 1 aliphatic heterocycles. The lowest BCUT2D eigenvalue weighted by atomic mass is 10.0. The third kappa shape index (κ3) is 3.97. The van der Waals surface area contributed by atoms with E-state index in [0.29, 0.717) is 18.0 Å². The van der Waals surface area contributed by atoms with Gasteiger partial charge in [-0.2, -0.15) is 0 Å². The summed E-state index contributed by atoms with van der Waals surface area (Å²) in [6.07, 6.45) is 0.902. The highest BCUT2D eigenvalue weighted by molar-refractivity contribution is 8.00. The van der Waals surface area contributed by atoms with Crippen LogP contribution in [0, 0.1) is 0 Å². The molecule has 1 amide bonds. The summed E-state index contributed by atoms with van der Waals surface area (Å²) in [5, 5.41) is 2.83. The molecule has 3 rings (SSSR count). The Morgan fingerprint density at radius 3 is 2.62 bits per heavy atom. The molecule has 0 bridgehead atoms. The predicted octanol–water partition coefficient (Wildman–Crippen LogP) is 2.99. The SMILES string of the molecule is COc1ccc(-c2cccc([C@H]3SCC[C@@H](CN)NC3=O)c2)cc1OC. The van der Waals surface area contributed by atoms with Crippen molar-refractivity contribution in [3.63, 3.8) is 0 Å². The number of nitrogens with one attached hydrogen (secondary N) is 1. The number of methoxy groups -OCH3 is 2. The topological polar surface area (TPSA) is 73.6 Å². The first-order chi connectivity index (χ1) is 12.7. The van der Waals surface area contributed by atoms with Gasteiger partial charge in [0.15, 0.2) is 11.5 Å². The molecule has 1 heterocycles. The molecule has 138 valence electrons. The smallest absolute Gasteiger partial charge is 0.237 e. The van der Waals surface area contributed by atoms with E-state index >= 15 is 0 Å². The highest BCUT2D eigenvalue weighted by Gasteiger charge is 2.27. The Bertz CT molecular complexity index is 781. The first-order valence-electron chi connectivity index (χ1n) is 8.60.